The summed E-state index contributed by atoms with van der Waals surface area (Å²) in [6.45, 7) is 0.601. The van der Waals surface area contributed by atoms with Gasteiger partial charge in [-0.05, 0) is 19.1 Å². The number of aromatic nitrogens is 5. The molecule has 2 N–H and O–H groups in total. The number of benzene rings is 1. The number of nitrogens with zero attached hydrogens (tertiary/aromatic N) is 4. The molecule has 3 aromatic heterocycles. The van der Waals surface area contributed by atoms with Crippen LogP contribution in [0.4, 0.5) is 40.8 Å². The van der Waals surface area contributed by atoms with Crippen LogP contribution >= 0.6 is 0 Å². The quantitative estimate of drug-likeness (QED) is 0.287. The molecule has 0 saturated heterocycles. The lowest BCUT2D eigenvalue weighted by Gasteiger charge is -2.20. The molecule has 0 spiro atoms. The molecule has 0 aliphatic carbocycles. The van der Waals surface area contributed by atoms with E-state index in [0.29, 0.717) is 16.8 Å². The number of halogens is 8. The molecule has 16 heteroatoms. The Morgan fingerprint density at radius 3 is 2.30 bits per heavy atom. The summed E-state index contributed by atoms with van der Waals surface area (Å²) in [5.74, 6) is -2.43. The Labute approximate surface area is 218 Å². The molecule has 2 atom stereocenters. The Kier molecular flexibility index (Phi) is 7.88. The highest BCUT2D eigenvalue weighted by Gasteiger charge is 2.37. The molecule has 40 heavy (non-hydrogen) atoms. The van der Waals surface area contributed by atoms with E-state index in [1.807, 2.05) is 0 Å². The zero-order chi connectivity index (χ0) is 29.4. The Morgan fingerprint density at radius 1 is 1.00 bits per heavy atom. The van der Waals surface area contributed by atoms with Gasteiger partial charge in [-0.1, -0.05) is 0 Å². The summed E-state index contributed by atoms with van der Waals surface area (Å²) >= 11 is 0. The number of pyridine rings is 1. The van der Waals surface area contributed by atoms with Crippen molar-refractivity contribution in [3.63, 3.8) is 0 Å². The first kappa shape index (κ1) is 28.6. The van der Waals surface area contributed by atoms with Crippen LogP contribution in [0.25, 0.3) is 22.2 Å². The van der Waals surface area contributed by atoms with Crippen LogP contribution in [-0.4, -0.2) is 36.9 Å². The van der Waals surface area contributed by atoms with E-state index in [9.17, 15) is 44.7 Å². The molecule has 1 aromatic carbocycles. The molecule has 0 amide bonds. The van der Waals surface area contributed by atoms with Gasteiger partial charge < -0.3 is 9.88 Å². The van der Waals surface area contributed by atoms with Gasteiger partial charge >= 0.3 is 6.18 Å². The van der Waals surface area contributed by atoms with Gasteiger partial charge in [0.15, 0.2) is 5.82 Å². The summed E-state index contributed by atoms with van der Waals surface area (Å²) in [6.07, 6.45) is -7.26. The third-order valence-electron chi connectivity index (χ3n) is 5.84. The third-order valence-corrected chi connectivity index (χ3v) is 5.84. The van der Waals surface area contributed by atoms with Crippen molar-refractivity contribution in [1.29, 1.82) is 0 Å². The number of rotatable bonds is 8. The number of alkyl halides is 6. The standard InChI is InChI=1S/C24H18F8N6O2/c1-10(36-18-7-35-37-22(39)19(18)24(30,31)32)2-12(25)8-38-9-17(27)13-3-15(16(26)4-14(13)23(38)40)21-33-5-11(6-34-21)20(28)29/h3-7,9-10,12,20H,2,8H2,1H3,(H2,36,37,39)/t10-,12+/m1/s1. The number of hydrogen-bond donors (Lipinski definition) is 2. The molecule has 0 unspecified atom stereocenters. The number of nitrogens with one attached hydrogen (secondary N) is 2. The summed E-state index contributed by atoms with van der Waals surface area (Å²) in [7, 11) is 0. The number of hydrogen-bond acceptors (Lipinski definition) is 6. The van der Waals surface area contributed by atoms with Crippen molar-refractivity contribution in [3.05, 3.63) is 80.4 Å². The molecule has 0 bridgehead atoms. The fraction of sp³-hybridized carbons (Fsp3) is 0.292. The number of fused-ring (bicyclic) bond motifs is 1. The highest BCUT2D eigenvalue weighted by Crippen LogP contribution is 2.32. The molecule has 3 heterocycles. The van der Waals surface area contributed by atoms with E-state index in [4.69, 9.17) is 0 Å². The van der Waals surface area contributed by atoms with Gasteiger partial charge in [0, 0.05) is 36.4 Å². The second-order valence-corrected chi connectivity index (χ2v) is 8.82. The molecule has 4 rings (SSSR count). The first-order valence-corrected chi connectivity index (χ1v) is 11.4. The zero-order valence-corrected chi connectivity index (χ0v) is 20.2. The lowest BCUT2D eigenvalue weighted by Crippen LogP contribution is -2.30. The number of H-pyrrole nitrogens is 1. The first-order valence-electron chi connectivity index (χ1n) is 11.4. The van der Waals surface area contributed by atoms with Crippen molar-refractivity contribution in [3.8, 4) is 11.4 Å². The molecular weight excluding hydrogens is 556 g/mol. The van der Waals surface area contributed by atoms with Crippen LogP contribution in [0.1, 0.15) is 30.9 Å². The zero-order valence-electron chi connectivity index (χ0n) is 20.2. The number of aromatic amines is 1. The largest absolute Gasteiger partial charge is 0.423 e. The SMILES string of the molecule is C[C@H](C[C@H](F)Cn1cc(F)c2cc(-c3ncc(C(F)F)cn3)c(F)cc2c1=O)Nc1cn[nH]c(=O)c1C(F)(F)F. The van der Waals surface area contributed by atoms with E-state index in [2.05, 4.69) is 20.4 Å². The van der Waals surface area contributed by atoms with Crippen LogP contribution in [0.3, 0.4) is 0 Å². The predicted molar refractivity (Wildman–Crippen MR) is 127 cm³/mol. The molecular formula is C24H18F8N6O2. The maximum absolute atomic E-state index is 14.9. The molecule has 8 nitrogen and oxygen atoms in total. The molecule has 0 radical (unpaired) electrons. The molecule has 0 aliphatic rings. The van der Waals surface area contributed by atoms with E-state index in [-0.39, 0.29) is 16.8 Å². The fourth-order valence-electron chi connectivity index (χ4n) is 4.05. The van der Waals surface area contributed by atoms with Gasteiger partial charge in [0.05, 0.1) is 34.9 Å². The monoisotopic (exact) mass is 574 g/mol. The van der Waals surface area contributed by atoms with Crippen molar-refractivity contribution >= 4 is 16.5 Å². The van der Waals surface area contributed by atoms with E-state index >= 15 is 0 Å². The maximum atomic E-state index is 14.9. The van der Waals surface area contributed by atoms with Gasteiger partial charge in [-0.15, -0.1) is 0 Å². The van der Waals surface area contributed by atoms with E-state index in [1.54, 1.807) is 5.10 Å². The highest BCUT2D eigenvalue weighted by atomic mass is 19.4. The Morgan fingerprint density at radius 2 is 1.68 bits per heavy atom. The highest BCUT2D eigenvalue weighted by molar-refractivity contribution is 5.86. The minimum atomic E-state index is -5.01. The van der Waals surface area contributed by atoms with Crippen LogP contribution in [0, 0.1) is 11.6 Å². The molecule has 0 aliphatic heterocycles. The Bertz CT molecular complexity index is 1650. The van der Waals surface area contributed by atoms with Gasteiger partial charge in [0.25, 0.3) is 17.5 Å². The predicted octanol–water partition coefficient (Wildman–Crippen LogP) is 5.01. The smallest absolute Gasteiger partial charge is 0.381 e. The lowest BCUT2D eigenvalue weighted by atomic mass is 10.1. The van der Waals surface area contributed by atoms with Crippen LogP contribution in [-0.2, 0) is 12.7 Å². The van der Waals surface area contributed by atoms with Crippen LogP contribution in [0.5, 0.6) is 0 Å². The average molecular weight is 574 g/mol. The van der Waals surface area contributed by atoms with Crippen molar-refractivity contribution in [2.45, 2.75) is 44.7 Å². The van der Waals surface area contributed by atoms with E-state index in [0.717, 1.165) is 24.7 Å². The van der Waals surface area contributed by atoms with Gasteiger partial charge in [-0.25, -0.2) is 37.0 Å². The summed E-state index contributed by atoms with van der Waals surface area (Å²) in [5, 5.41) is 6.53. The summed E-state index contributed by atoms with van der Waals surface area (Å²) in [5.41, 5.74) is -5.55. The minimum Gasteiger partial charge on any atom is -0.381 e. The normalized spacial score (nSPS) is 13.6. The van der Waals surface area contributed by atoms with E-state index in [1.165, 1.54) is 6.92 Å². The Hall–Kier alpha value is -4.37. The second kappa shape index (κ2) is 11.0. The minimum absolute atomic E-state index is 0.332. The van der Waals surface area contributed by atoms with Gasteiger partial charge in [0.2, 0.25) is 0 Å². The topological polar surface area (TPSA) is 106 Å². The fourth-order valence-corrected chi connectivity index (χ4v) is 4.05. The molecule has 4 aromatic rings. The van der Waals surface area contributed by atoms with Crippen molar-refractivity contribution in [1.82, 2.24) is 24.7 Å². The number of anilines is 1. The van der Waals surface area contributed by atoms with Crippen molar-refractivity contribution in [2.24, 2.45) is 0 Å². The van der Waals surface area contributed by atoms with Crippen LogP contribution in [0.2, 0.25) is 0 Å². The average Bonchev–Trinajstić information content (AvgIpc) is 2.86. The summed E-state index contributed by atoms with van der Waals surface area (Å²) in [4.78, 5) is 31.8. The van der Waals surface area contributed by atoms with Crippen LogP contribution < -0.4 is 16.4 Å². The maximum Gasteiger partial charge on any atom is 0.423 e. The van der Waals surface area contributed by atoms with E-state index < -0.39 is 82.7 Å². The van der Waals surface area contributed by atoms with Crippen LogP contribution in [0.15, 0.2) is 46.5 Å². The van der Waals surface area contributed by atoms with Gasteiger partial charge in [-0.3, -0.25) is 9.59 Å². The second-order valence-electron chi connectivity index (χ2n) is 8.82. The van der Waals surface area contributed by atoms with Gasteiger partial charge in [0.1, 0.15) is 23.4 Å². The molecule has 212 valence electrons. The lowest BCUT2D eigenvalue weighted by molar-refractivity contribution is -0.138. The van der Waals surface area contributed by atoms with Crippen molar-refractivity contribution in [2.75, 3.05) is 5.32 Å². The van der Waals surface area contributed by atoms with Gasteiger partial charge in [-0.2, -0.15) is 18.3 Å². The first-order chi connectivity index (χ1) is 18.8. The molecule has 0 fully saturated rings. The third kappa shape index (κ3) is 5.94. The molecule has 0 saturated carbocycles. The summed E-state index contributed by atoms with van der Waals surface area (Å²) < 4.78 is 110. The Balaban J connectivity index is 1.55. The summed E-state index contributed by atoms with van der Waals surface area (Å²) in [6, 6.07) is 0.625. The van der Waals surface area contributed by atoms with Crippen molar-refractivity contribution < 1.29 is 35.1 Å².